The monoisotopic (exact) mass is 394 g/mol. The summed E-state index contributed by atoms with van der Waals surface area (Å²) in [4.78, 5) is 6.92. The van der Waals surface area contributed by atoms with Crippen LogP contribution in [0, 0.1) is 0 Å². The third-order valence-corrected chi connectivity index (χ3v) is 6.01. The summed E-state index contributed by atoms with van der Waals surface area (Å²) in [6, 6.07) is 2.74. The van der Waals surface area contributed by atoms with Gasteiger partial charge in [-0.05, 0) is 54.5 Å². The first-order valence-electron chi connectivity index (χ1n) is 10.2. The Hall–Kier alpha value is -1.15. The van der Waals surface area contributed by atoms with Gasteiger partial charge in [0.1, 0.15) is 0 Å². The van der Waals surface area contributed by atoms with E-state index in [1.54, 1.807) is 11.3 Å². The molecule has 27 heavy (non-hydrogen) atoms. The molecule has 3 heterocycles. The smallest absolute Gasteiger partial charge is 0.191 e. The Bertz CT molecular complexity index is 538. The molecule has 0 atom stereocenters. The van der Waals surface area contributed by atoms with Gasteiger partial charge < -0.3 is 20.1 Å². The molecule has 0 spiro atoms. The molecular weight excluding hydrogens is 360 g/mol. The Kier molecular flexibility index (Phi) is 8.87. The van der Waals surface area contributed by atoms with Crippen molar-refractivity contribution in [3.63, 3.8) is 0 Å². The Morgan fingerprint density at radius 3 is 2.81 bits per heavy atom. The highest BCUT2D eigenvalue weighted by molar-refractivity contribution is 7.07. The maximum absolute atomic E-state index is 5.92. The molecule has 0 bridgehead atoms. The molecule has 0 amide bonds. The van der Waals surface area contributed by atoms with Crippen LogP contribution in [0.25, 0.3) is 0 Å². The van der Waals surface area contributed by atoms with E-state index in [2.05, 4.69) is 37.4 Å². The summed E-state index contributed by atoms with van der Waals surface area (Å²) in [7, 11) is 1.85. The van der Waals surface area contributed by atoms with Gasteiger partial charge in [-0.15, -0.1) is 0 Å². The topological polar surface area (TPSA) is 58.1 Å². The van der Waals surface area contributed by atoms with Gasteiger partial charge in [-0.2, -0.15) is 11.3 Å². The molecule has 2 saturated heterocycles. The first-order valence-corrected chi connectivity index (χ1v) is 11.2. The molecule has 2 aliphatic rings. The van der Waals surface area contributed by atoms with Crippen LogP contribution in [-0.4, -0.2) is 69.5 Å². The van der Waals surface area contributed by atoms with E-state index >= 15 is 0 Å². The molecule has 152 valence electrons. The summed E-state index contributed by atoms with van der Waals surface area (Å²) in [5.41, 5.74) is 1.44. The number of hydrogen-bond donors (Lipinski definition) is 2. The van der Waals surface area contributed by atoms with E-state index in [1.807, 2.05) is 7.05 Å². The standard InChI is InChI=1S/C20H34N4O2S/c1-21-20(22-8-2-11-26-19-5-12-25-13-6-19)23-18-3-9-24(10-4-18)15-17-7-14-27-16-17/h7,14,16,18-19H,2-6,8-13,15H2,1H3,(H2,21,22,23). The quantitative estimate of drug-likeness (QED) is 0.403. The molecule has 0 aromatic carbocycles. The van der Waals surface area contributed by atoms with Crippen LogP contribution in [0.5, 0.6) is 0 Å². The van der Waals surface area contributed by atoms with E-state index in [1.165, 1.54) is 5.56 Å². The Morgan fingerprint density at radius 1 is 1.30 bits per heavy atom. The maximum Gasteiger partial charge on any atom is 0.191 e. The molecule has 0 saturated carbocycles. The second kappa shape index (κ2) is 11.6. The van der Waals surface area contributed by atoms with E-state index in [-0.39, 0.29) is 0 Å². The lowest BCUT2D eigenvalue weighted by molar-refractivity contribution is -0.0320. The molecule has 0 radical (unpaired) electrons. The van der Waals surface area contributed by atoms with Crippen LogP contribution in [0.1, 0.15) is 37.7 Å². The number of aliphatic imine (C=N–C) groups is 1. The summed E-state index contributed by atoms with van der Waals surface area (Å²) in [6.07, 6.45) is 5.77. The minimum Gasteiger partial charge on any atom is -0.381 e. The minimum atomic E-state index is 0.385. The maximum atomic E-state index is 5.92. The van der Waals surface area contributed by atoms with Crippen molar-refractivity contribution in [1.82, 2.24) is 15.5 Å². The Labute approximate surface area is 167 Å². The lowest BCUT2D eigenvalue weighted by Gasteiger charge is -2.33. The van der Waals surface area contributed by atoms with Crippen molar-refractivity contribution in [1.29, 1.82) is 0 Å². The Balaban J connectivity index is 1.25. The average molecular weight is 395 g/mol. The van der Waals surface area contributed by atoms with Crippen molar-refractivity contribution in [2.45, 2.75) is 50.8 Å². The Morgan fingerprint density at radius 2 is 2.11 bits per heavy atom. The number of thiophene rings is 1. The minimum absolute atomic E-state index is 0.385. The number of hydrogen-bond acceptors (Lipinski definition) is 5. The zero-order valence-corrected chi connectivity index (χ0v) is 17.3. The number of rotatable bonds is 8. The van der Waals surface area contributed by atoms with Gasteiger partial charge in [-0.25, -0.2) is 0 Å². The molecule has 1 aromatic heterocycles. The fourth-order valence-electron chi connectivity index (χ4n) is 3.64. The van der Waals surface area contributed by atoms with E-state index in [0.29, 0.717) is 12.1 Å². The number of ether oxygens (including phenoxy) is 2. The fraction of sp³-hybridized carbons (Fsp3) is 0.750. The van der Waals surface area contributed by atoms with Crippen LogP contribution >= 0.6 is 11.3 Å². The molecule has 0 aliphatic carbocycles. The van der Waals surface area contributed by atoms with Crippen LogP contribution < -0.4 is 10.6 Å². The van der Waals surface area contributed by atoms with Gasteiger partial charge in [0.15, 0.2) is 5.96 Å². The summed E-state index contributed by atoms with van der Waals surface area (Å²) in [5, 5.41) is 11.4. The SMILES string of the molecule is CN=C(NCCCOC1CCOCC1)NC1CCN(Cc2ccsc2)CC1. The largest absolute Gasteiger partial charge is 0.381 e. The van der Waals surface area contributed by atoms with Crippen molar-refractivity contribution in [2.75, 3.05) is 46.5 Å². The number of nitrogens with zero attached hydrogens (tertiary/aromatic N) is 2. The molecule has 6 nitrogen and oxygen atoms in total. The number of piperidine rings is 1. The zero-order valence-electron chi connectivity index (χ0n) is 16.5. The van der Waals surface area contributed by atoms with Gasteiger partial charge in [-0.1, -0.05) is 0 Å². The van der Waals surface area contributed by atoms with E-state index in [4.69, 9.17) is 9.47 Å². The first-order chi connectivity index (χ1) is 13.3. The molecule has 3 rings (SSSR count). The highest BCUT2D eigenvalue weighted by Crippen LogP contribution is 2.15. The van der Waals surface area contributed by atoms with Crippen molar-refractivity contribution in [3.8, 4) is 0 Å². The van der Waals surface area contributed by atoms with Crippen LogP contribution in [-0.2, 0) is 16.0 Å². The second-order valence-electron chi connectivity index (χ2n) is 7.36. The number of guanidine groups is 1. The lowest BCUT2D eigenvalue weighted by atomic mass is 10.0. The van der Waals surface area contributed by atoms with Crippen LogP contribution in [0.2, 0.25) is 0 Å². The number of nitrogens with one attached hydrogen (secondary N) is 2. The van der Waals surface area contributed by atoms with Crippen molar-refractivity contribution in [2.24, 2.45) is 4.99 Å². The summed E-state index contributed by atoms with van der Waals surface area (Å²) >= 11 is 1.78. The van der Waals surface area contributed by atoms with Gasteiger partial charge in [0.05, 0.1) is 6.10 Å². The van der Waals surface area contributed by atoms with Crippen LogP contribution in [0.4, 0.5) is 0 Å². The predicted molar refractivity (Wildman–Crippen MR) is 112 cm³/mol. The molecule has 0 unspecified atom stereocenters. The van der Waals surface area contributed by atoms with E-state index < -0.39 is 0 Å². The number of likely N-dealkylation sites (tertiary alicyclic amines) is 1. The fourth-order valence-corrected chi connectivity index (χ4v) is 4.30. The molecular formula is C20H34N4O2S. The highest BCUT2D eigenvalue weighted by Gasteiger charge is 2.20. The van der Waals surface area contributed by atoms with Gasteiger partial charge in [0.2, 0.25) is 0 Å². The molecule has 1 aromatic rings. The first kappa shape index (κ1) is 20.6. The van der Waals surface area contributed by atoms with Gasteiger partial charge >= 0.3 is 0 Å². The predicted octanol–water partition coefficient (Wildman–Crippen LogP) is 2.46. The normalized spacial score (nSPS) is 20.7. The summed E-state index contributed by atoms with van der Waals surface area (Å²) < 4.78 is 11.3. The second-order valence-corrected chi connectivity index (χ2v) is 8.14. The van der Waals surface area contributed by atoms with Crippen LogP contribution in [0.15, 0.2) is 21.8 Å². The molecule has 7 heteroatoms. The van der Waals surface area contributed by atoms with Crippen molar-refractivity contribution < 1.29 is 9.47 Å². The molecule has 2 aliphatic heterocycles. The average Bonchev–Trinajstić information content (AvgIpc) is 3.22. The highest BCUT2D eigenvalue weighted by atomic mass is 32.1. The van der Waals surface area contributed by atoms with Crippen LogP contribution in [0.3, 0.4) is 0 Å². The van der Waals surface area contributed by atoms with Gasteiger partial charge in [0, 0.05) is 59.1 Å². The van der Waals surface area contributed by atoms with E-state index in [9.17, 15) is 0 Å². The van der Waals surface area contributed by atoms with E-state index in [0.717, 1.165) is 84.1 Å². The van der Waals surface area contributed by atoms with Crippen molar-refractivity contribution >= 4 is 17.3 Å². The lowest BCUT2D eigenvalue weighted by Crippen LogP contribution is -2.48. The third-order valence-electron chi connectivity index (χ3n) is 5.27. The summed E-state index contributed by atoms with van der Waals surface area (Å²) in [6.45, 7) is 6.73. The van der Waals surface area contributed by atoms with Gasteiger partial charge in [0.25, 0.3) is 0 Å². The summed E-state index contributed by atoms with van der Waals surface area (Å²) in [5.74, 6) is 0.914. The third kappa shape index (κ3) is 7.41. The molecule has 2 fully saturated rings. The molecule has 2 N–H and O–H groups in total. The zero-order chi connectivity index (χ0) is 18.7. The van der Waals surface area contributed by atoms with Crippen molar-refractivity contribution in [3.05, 3.63) is 22.4 Å². The van der Waals surface area contributed by atoms with Gasteiger partial charge in [-0.3, -0.25) is 9.89 Å².